The number of hydrogen-bond acceptors (Lipinski definition) is 3. The van der Waals surface area contributed by atoms with E-state index >= 15 is 0 Å². The second-order valence-corrected chi connectivity index (χ2v) is 10.9. The molecule has 45 heavy (non-hydrogen) atoms. The minimum absolute atomic E-state index is 0.0446. The summed E-state index contributed by atoms with van der Waals surface area (Å²) in [6.07, 6.45) is -10.1. The molecular formula is C35H21BF6O3. The maximum Gasteiger partial charge on any atom is 0.632 e. The Kier molecular flexibility index (Phi) is 6.51. The Morgan fingerprint density at radius 1 is 0.600 bits per heavy atom. The molecule has 3 nitrogen and oxygen atoms in total. The zero-order chi connectivity index (χ0) is 31.7. The molecule has 0 saturated heterocycles. The lowest BCUT2D eigenvalue weighted by Gasteiger charge is -2.21. The quantitative estimate of drug-likeness (QED) is 0.156. The fourth-order valence-electron chi connectivity index (χ4n) is 5.88. The van der Waals surface area contributed by atoms with Crippen molar-refractivity contribution >= 4 is 34.1 Å². The highest BCUT2D eigenvalue weighted by molar-refractivity contribution is 6.63. The van der Waals surface area contributed by atoms with Gasteiger partial charge in [-0.15, -0.1) is 0 Å². The molecule has 0 aliphatic carbocycles. The number of aromatic hydroxyl groups is 1. The summed E-state index contributed by atoms with van der Waals surface area (Å²) in [6, 6.07) is 26.4. The summed E-state index contributed by atoms with van der Waals surface area (Å²) in [4.78, 5) is 0. The van der Waals surface area contributed by atoms with Crippen molar-refractivity contribution < 1.29 is 40.8 Å². The number of halogens is 6. The highest BCUT2D eigenvalue weighted by atomic mass is 19.4. The van der Waals surface area contributed by atoms with Crippen LogP contribution < -0.4 is 14.8 Å². The monoisotopic (exact) mass is 614 g/mol. The topological polar surface area (TPSA) is 38.7 Å². The van der Waals surface area contributed by atoms with Crippen molar-refractivity contribution in [1.29, 1.82) is 0 Å². The lowest BCUT2D eigenvalue weighted by atomic mass is 9.76. The van der Waals surface area contributed by atoms with Gasteiger partial charge in [0, 0.05) is 27.7 Å². The minimum Gasteiger partial charge on any atom is -0.521 e. The number of para-hydroxylation sites is 1. The third-order valence-corrected chi connectivity index (χ3v) is 8.01. The van der Waals surface area contributed by atoms with Crippen molar-refractivity contribution in [2.45, 2.75) is 19.3 Å². The standard InChI is InChI=1S/C35H21BF6O3/c1-19-7-6-12-27(32(19)43)28-15-21-9-3-5-11-26(21)31-30-25-10-4-2-8-20(25)13-14-29(30)44-36(45-33(28)31)24-17-22(34(37,38)39)16-23(18-24)35(40,41)42/h2-18,43H,1H3. The molecule has 0 saturated carbocycles. The molecule has 224 valence electrons. The second kappa shape index (κ2) is 10.2. The van der Waals surface area contributed by atoms with E-state index < -0.39 is 36.1 Å². The van der Waals surface area contributed by atoms with Crippen molar-refractivity contribution in [3.8, 4) is 39.5 Å². The van der Waals surface area contributed by atoms with Crippen LogP contribution in [0.25, 0.3) is 43.8 Å². The van der Waals surface area contributed by atoms with E-state index in [-0.39, 0.29) is 23.3 Å². The summed E-state index contributed by atoms with van der Waals surface area (Å²) in [5.74, 6) is 0.303. The Hall–Kier alpha value is -5.12. The van der Waals surface area contributed by atoms with E-state index in [1.807, 2.05) is 48.5 Å². The maximum absolute atomic E-state index is 13.9. The SMILES string of the molecule is Cc1cccc(-c2cc3ccccc3c3c2OB(c2cc(C(F)(F)F)cc(C(F)(F)F)c2)Oc2ccc4ccccc4c2-3)c1O. The van der Waals surface area contributed by atoms with Gasteiger partial charge in [-0.05, 0) is 64.4 Å². The van der Waals surface area contributed by atoms with E-state index in [9.17, 15) is 31.4 Å². The van der Waals surface area contributed by atoms with Crippen LogP contribution in [0, 0.1) is 6.92 Å². The van der Waals surface area contributed by atoms with Crippen LogP contribution in [0.15, 0.2) is 103 Å². The van der Waals surface area contributed by atoms with Gasteiger partial charge in [0.05, 0.1) is 11.1 Å². The van der Waals surface area contributed by atoms with Crippen LogP contribution in [0.5, 0.6) is 17.2 Å². The zero-order valence-electron chi connectivity index (χ0n) is 23.4. The molecule has 0 amide bonds. The summed E-state index contributed by atoms with van der Waals surface area (Å²) in [6.45, 7) is 1.72. The fourth-order valence-corrected chi connectivity index (χ4v) is 5.88. The van der Waals surface area contributed by atoms with Gasteiger partial charge in [0.15, 0.2) is 0 Å². The fraction of sp³-hybridized carbons (Fsp3) is 0.0857. The molecule has 6 aromatic carbocycles. The van der Waals surface area contributed by atoms with Crippen LogP contribution in [0.2, 0.25) is 0 Å². The molecular weight excluding hydrogens is 593 g/mol. The summed E-state index contributed by atoms with van der Waals surface area (Å²) < 4.78 is 96.1. The van der Waals surface area contributed by atoms with Crippen molar-refractivity contribution in [2.75, 3.05) is 0 Å². The molecule has 1 N–H and O–H groups in total. The van der Waals surface area contributed by atoms with E-state index in [0.717, 1.165) is 16.2 Å². The highest BCUT2D eigenvalue weighted by Crippen LogP contribution is 2.52. The predicted molar refractivity (Wildman–Crippen MR) is 162 cm³/mol. The van der Waals surface area contributed by atoms with Crippen LogP contribution >= 0.6 is 0 Å². The Morgan fingerprint density at radius 3 is 1.89 bits per heavy atom. The minimum atomic E-state index is -5.07. The summed E-state index contributed by atoms with van der Waals surface area (Å²) >= 11 is 0. The summed E-state index contributed by atoms with van der Waals surface area (Å²) in [7, 11) is -1.72. The maximum atomic E-state index is 13.9. The van der Waals surface area contributed by atoms with E-state index in [4.69, 9.17) is 9.31 Å². The Labute approximate surface area is 253 Å². The number of phenolic OH excluding ortho intramolecular Hbond substituents is 1. The van der Waals surface area contributed by atoms with Gasteiger partial charge in [-0.2, -0.15) is 26.3 Å². The first kappa shape index (κ1) is 28.6. The normalized spacial score (nSPS) is 13.2. The third-order valence-electron chi connectivity index (χ3n) is 8.01. The van der Waals surface area contributed by atoms with Crippen molar-refractivity contribution in [3.63, 3.8) is 0 Å². The predicted octanol–water partition coefficient (Wildman–Crippen LogP) is 9.55. The summed E-state index contributed by atoms with van der Waals surface area (Å²) in [5, 5.41) is 14.2. The van der Waals surface area contributed by atoms with Crippen LogP contribution in [-0.4, -0.2) is 12.2 Å². The van der Waals surface area contributed by atoms with Gasteiger partial charge >= 0.3 is 19.5 Å². The number of alkyl halides is 6. The lowest BCUT2D eigenvalue weighted by Crippen LogP contribution is -2.43. The van der Waals surface area contributed by atoms with Gasteiger partial charge < -0.3 is 14.4 Å². The summed E-state index contributed by atoms with van der Waals surface area (Å²) in [5.41, 5.74) is -1.04. The number of fused-ring (bicyclic) bond motifs is 7. The molecule has 0 aromatic heterocycles. The van der Waals surface area contributed by atoms with Gasteiger partial charge in [0.1, 0.15) is 17.2 Å². The van der Waals surface area contributed by atoms with Crippen LogP contribution in [0.4, 0.5) is 26.3 Å². The molecule has 10 heteroatoms. The molecule has 0 unspecified atom stereocenters. The molecule has 0 spiro atoms. The van der Waals surface area contributed by atoms with E-state index in [0.29, 0.717) is 45.3 Å². The number of phenols is 1. The average molecular weight is 614 g/mol. The highest BCUT2D eigenvalue weighted by Gasteiger charge is 2.42. The molecule has 0 fully saturated rings. The van der Waals surface area contributed by atoms with Gasteiger partial charge in [0.25, 0.3) is 0 Å². The Bertz CT molecular complexity index is 2110. The Morgan fingerprint density at radius 2 is 1.22 bits per heavy atom. The largest absolute Gasteiger partial charge is 0.632 e. The van der Waals surface area contributed by atoms with Crippen molar-refractivity contribution in [2.24, 2.45) is 0 Å². The van der Waals surface area contributed by atoms with Gasteiger partial charge in [0.2, 0.25) is 0 Å². The molecule has 0 atom stereocenters. The number of aryl methyl sites for hydroxylation is 1. The Balaban J connectivity index is 1.60. The van der Waals surface area contributed by atoms with E-state index in [1.165, 1.54) is 0 Å². The zero-order valence-corrected chi connectivity index (χ0v) is 23.4. The average Bonchev–Trinajstić information content (AvgIpc) is 3.19. The van der Waals surface area contributed by atoms with Gasteiger partial charge in [-0.1, -0.05) is 72.8 Å². The van der Waals surface area contributed by atoms with Crippen LogP contribution in [0.3, 0.4) is 0 Å². The van der Waals surface area contributed by atoms with Gasteiger partial charge in [-0.3, -0.25) is 0 Å². The lowest BCUT2D eigenvalue weighted by molar-refractivity contribution is -0.142. The van der Waals surface area contributed by atoms with E-state index in [1.54, 1.807) is 43.3 Å². The molecule has 0 radical (unpaired) electrons. The molecule has 0 bridgehead atoms. The van der Waals surface area contributed by atoms with E-state index in [2.05, 4.69) is 0 Å². The van der Waals surface area contributed by atoms with Crippen LogP contribution in [0.1, 0.15) is 16.7 Å². The first-order valence-electron chi connectivity index (χ1n) is 13.9. The molecule has 1 aliphatic rings. The number of rotatable bonds is 2. The van der Waals surface area contributed by atoms with Crippen molar-refractivity contribution in [1.82, 2.24) is 0 Å². The van der Waals surface area contributed by atoms with Gasteiger partial charge in [-0.25, -0.2) is 0 Å². The third kappa shape index (κ3) is 4.90. The first-order chi connectivity index (χ1) is 21.4. The second-order valence-electron chi connectivity index (χ2n) is 10.9. The molecule has 6 aromatic rings. The smallest absolute Gasteiger partial charge is 0.521 e. The van der Waals surface area contributed by atoms with Crippen LogP contribution in [-0.2, 0) is 12.4 Å². The number of hydrogen-bond donors (Lipinski definition) is 1. The molecule has 1 heterocycles. The number of benzene rings is 6. The molecule has 7 rings (SSSR count). The molecule has 1 aliphatic heterocycles. The van der Waals surface area contributed by atoms with Crippen molar-refractivity contribution in [3.05, 3.63) is 120 Å². The first-order valence-corrected chi connectivity index (χ1v) is 13.9.